The third-order valence-corrected chi connectivity index (χ3v) is 4.86. The van der Waals surface area contributed by atoms with Gasteiger partial charge in [0.15, 0.2) is 0 Å². The Morgan fingerprint density at radius 3 is 2.53 bits per heavy atom. The molecule has 1 aliphatic heterocycles. The number of sulfonamides is 1. The van der Waals surface area contributed by atoms with Gasteiger partial charge in [-0.3, -0.25) is 0 Å². The van der Waals surface area contributed by atoms with E-state index >= 15 is 0 Å². The van der Waals surface area contributed by atoms with Gasteiger partial charge in [0.05, 0.1) is 19.0 Å². The minimum Gasteiger partial charge on any atom is -0.379 e. The predicted molar refractivity (Wildman–Crippen MR) is 66.5 cm³/mol. The first-order valence-electron chi connectivity index (χ1n) is 5.38. The van der Waals surface area contributed by atoms with Crippen LogP contribution in [0.4, 0.5) is 0 Å². The Balaban J connectivity index is 2.14. The summed E-state index contributed by atoms with van der Waals surface area (Å²) in [5.74, 6) is -0.0489. The lowest BCUT2D eigenvalue weighted by atomic mass is 10.2. The largest absolute Gasteiger partial charge is 0.379 e. The van der Waals surface area contributed by atoms with Crippen molar-refractivity contribution < 1.29 is 13.2 Å². The number of halogens is 1. The zero-order valence-electron chi connectivity index (χ0n) is 9.30. The van der Waals surface area contributed by atoms with E-state index in [1.807, 2.05) is 0 Å². The van der Waals surface area contributed by atoms with Gasteiger partial charge in [0.2, 0.25) is 10.0 Å². The smallest absolute Gasteiger partial charge is 0.218 e. The number of benzene rings is 1. The molecule has 0 radical (unpaired) electrons. The number of ether oxygens (including phenoxy) is 1. The average Bonchev–Trinajstić information content (AvgIpc) is 2.33. The molecule has 4 nitrogen and oxygen atoms in total. The lowest BCUT2D eigenvalue weighted by molar-refractivity contribution is 0.0729. The molecular weight excluding hydrogens is 262 g/mol. The number of hydrogen-bond acceptors (Lipinski definition) is 3. The molecular formula is C11H14ClNO3S. The normalized spacial score (nSPS) is 18.2. The second kappa shape index (κ2) is 5.35. The van der Waals surface area contributed by atoms with E-state index in [-0.39, 0.29) is 5.75 Å². The topological polar surface area (TPSA) is 46.6 Å². The fourth-order valence-electron chi connectivity index (χ4n) is 1.73. The Morgan fingerprint density at radius 1 is 1.24 bits per heavy atom. The van der Waals surface area contributed by atoms with Gasteiger partial charge in [0.1, 0.15) is 0 Å². The second-order valence-corrected chi connectivity index (χ2v) is 6.24. The highest BCUT2D eigenvalue weighted by Crippen LogP contribution is 2.19. The lowest BCUT2D eigenvalue weighted by Gasteiger charge is -2.26. The van der Waals surface area contributed by atoms with Crippen molar-refractivity contribution >= 4 is 21.6 Å². The molecule has 0 atom stereocenters. The van der Waals surface area contributed by atoms with Crippen molar-refractivity contribution in [2.75, 3.05) is 26.3 Å². The van der Waals surface area contributed by atoms with E-state index in [0.29, 0.717) is 36.9 Å². The Hall–Kier alpha value is -0.620. The van der Waals surface area contributed by atoms with Crippen molar-refractivity contribution in [3.8, 4) is 0 Å². The van der Waals surface area contributed by atoms with E-state index in [9.17, 15) is 8.42 Å². The van der Waals surface area contributed by atoms with E-state index in [2.05, 4.69) is 0 Å². The summed E-state index contributed by atoms with van der Waals surface area (Å²) in [5, 5.41) is 0.490. The molecule has 2 rings (SSSR count). The molecule has 1 aliphatic rings. The summed E-state index contributed by atoms with van der Waals surface area (Å²) in [5.41, 5.74) is 0.639. The average molecular weight is 276 g/mol. The summed E-state index contributed by atoms with van der Waals surface area (Å²) >= 11 is 5.96. The zero-order chi connectivity index (χ0) is 12.3. The summed E-state index contributed by atoms with van der Waals surface area (Å²) in [6.07, 6.45) is 0. The quantitative estimate of drug-likeness (QED) is 0.840. The number of rotatable bonds is 3. The molecule has 17 heavy (non-hydrogen) atoms. The molecule has 0 aliphatic carbocycles. The third kappa shape index (κ3) is 3.19. The molecule has 0 N–H and O–H groups in total. The third-order valence-electron chi connectivity index (χ3n) is 2.66. The molecule has 0 aromatic heterocycles. The first-order valence-corrected chi connectivity index (χ1v) is 7.37. The van der Waals surface area contributed by atoms with Crippen LogP contribution in [0.15, 0.2) is 24.3 Å². The van der Waals surface area contributed by atoms with Gasteiger partial charge in [-0.05, 0) is 11.6 Å². The van der Waals surface area contributed by atoms with E-state index in [0.717, 1.165) is 0 Å². The zero-order valence-corrected chi connectivity index (χ0v) is 10.9. The summed E-state index contributed by atoms with van der Waals surface area (Å²) in [4.78, 5) is 0. The SMILES string of the molecule is O=S(=O)(Cc1ccccc1Cl)N1CCOCC1. The maximum atomic E-state index is 12.1. The van der Waals surface area contributed by atoms with Crippen molar-refractivity contribution in [3.63, 3.8) is 0 Å². The summed E-state index contributed by atoms with van der Waals surface area (Å²) in [6, 6.07) is 7.01. The van der Waals surface area contributed by atoms with Crippen LogP contribution in [0.1, 0.15) is 5.56 Å². The number of morpholine rings is 1. The van der Waals surface area contributed by atoms with Gasteiger partial charge >= 0.3 is 0 Å². The molecule has 1 aromatic carbocycles. The van der Waals surface area contributed by atoms with Crippen molar-refractivity contribution in [2.24, 2.45) is 0 Å². The molecule has 0 bridgehead atoms. The highest BCUT2D eigenvalue weighted by atomic mass is 35.5. The van der Waals surface area contributed by atoms with E-state index in [1.54, 1.807) is 24.3 Å². The van der Waals surface area contributed by atoms with Crippen LogP contribution in [0.2, 0.25) is 5.02 Å². The Labute approximate surface area is 106 Å². The van der Waals surface area contributed by atoms with Crippen molar-refractivity contribution in [2.45, 2.75) is 5.75 Å². The molecule has 94 valence electrons. The highest BCUT2D eigenvalue weighted by molar-refractivity contribution is 7.88. The minimum absolute atomic E-state index is 0.0489. The molecule has 1 heterocycles. The second-order valence-electron chi connectivity index (χ2n) is 3.86. The fraction of sp³-hybridized carbons (Fsp3) is 0.455. The van der Waals surface area contributed by atoms with Gasteiger partial charge in [-0.2, -0.15) is 4.31 Å². The van der Waals surface area contributed by atoms with Crippen molar-refractivity contribution in [1.29, 1.82) is 0 Å². The van der Waals surface area contributed by atoms with Crippen LogP contribution in [0.5, 0.6) is 0 Å². The Kier molecular flexibility index (Phi) is 4.04. The molecule has 6 heteroatoms. The first kappa shape index (κ1) is 12.8. The lowest BCUT2D eigenvalue weighted by Crippen LogP contribution is -2.41. The van der Waals surface area contributed by atoms with E-state index in [1.165, 1.54) is 4.31 Å². The van der Waals surface area contributed by atoms with Crippen LogP contribution in [-0.2, 0) is 20.5 Å². The first-order chi connectivity index (χ1) is 8.09. The minimum atomic E-state index is -3.29. The summed E-state index contributed by atoms with van der Waals surface area (Å²) in [7, 11) is -3.29. The van der Waals surface area contributed by atoms with Gasteiger partial charge in [0.25, 0.3) is 0 Å². The molecule has 0 unspecified atom stereocenters. The van der Waals surface area contributed by atoms with Crippen molar-refractivity contribution in [1.82, 2.24) is 4.31 Å². The Bertz CT molecular complexity index is 483. The van der Waals surface area contributed by atoms with Gasteiger partial charge in [-0.1, -0.05) is 29.8 Å². The Morgan fingerprint density at radius 2 is 1.88 bits per heavy atom. The molecule has 0 saturated carbocycles. The summed E-state index contributed by atoms with van der Waals surface area (Å²) in [6.45, 7) is 1.77. The van der Waals surface area contributed by atoms with E-state index in [4.69, 9.17) is 16.3 Å². The van der Waals surface area contributed by atoms with Gasteiger partial charge in [-0.15, -0.1) is 0 Å². The number of hydrogen-bond donors (Lipinski definition) is 0. The highest BCUT2D eigenvalue weighted by Gasteiger charge is 2.25. The van der Waals surface area contributed by atoms with E-state index < -0.39 is 10.0 Å². The fourth-order valence-corrected chi connectivity index (χ4v) is 3.54. The van der Waals surface area contributed by atoms with Crippen LogP contribution in [-0.4, -0.2) is 39.0 Å². The van der Waals surface area contributed by atoms with Crippen LogP contribution < -0.4 is 0 Å². The van der Waals surface area contributed by atoms with Crippen molar-refractivity contribution in [3.05, 3.63) is 34.9 Å². The maximum Gasteiger partial charge on any atom is 0.218 e. The molecule has 1 fully saturated rings. The number of nitrogens with zero attached hydrogens (tertiary/aromatic N) is 1. The molecule has 1 aromatic rings. The summed E-state index contributed by atoms with van der Waals surface area (Å²) < 4.78 is 30.8. The molecule has 0 amide bonds. The maximum absolute atomic E-state index is 12.1. The standard InChI is InChI=1S/C11H14ClNO3S/c12-11-4-2-1-3-10(11)9-17(14,15)13-5-7-16-8-6-13/h1-4H,5-9H2. The van der Waals surface area contributed by atoms with Crippen LogP contribution in [0.3, 0.4) is 0 Å². The molecule has 0 spiro atoms. The van der Waals surface area contributed by atoms with Crippen LogP contribution in [0, 0.1) is 0 Å². The monoisotopic (exact) mass is 275 g/mol. The molecule has 1 saturated heterocycles. The van der Waals surface area contributed by atoms with Gasteiger partial charge < -0.3 is 4.74 Å². The van der Waals surface area contributed by atoms with Crippen LogP contribution >= 0.6 is 11.6 Å². The predicted octanol–water partition coefficient (Wildman–Crippen LogP) is 1.50. The van der Waals surface area contributed by atoms with Crippen LogP contribution in [0.25, 0.3) is 0 Å². The van der Waals surface area contributed by atoms with Gasteiger partial charge in [-0.25, -0.2) is 8.42 Å². The van der Waals surface area contributed by atoms with Gasteiger partial charge in [0, 0.05) is 18.1 Å².